The summed E-state index contributed by atoms with van der Waals surface area (Å²) in [6, 6.07) is 12.7. The number of rotatable bonds is 6. The second-order valence-electron chi connectivity index (χ2n) is 6.40. The van der Waals surface area contributed by atoms with E-state index in [1.165, 1.54) is 18.5 Å². The van der Waals surface area contributed by atoms with Gasteiger partial charge in [-0.3, -0.25) is 19.6 Å². The van der Waals surface area contributed by atoms with Crippen molar-refractivity contribution in [2.24, 2.45) is 0 Å². The van der Waals surface area contributed by atoms with Crippen LogP contribution in [-0.2, 0) is 6.54 Å². The van der Waals surface area contributed by atoms with Crippen LogP contribution in [0.15, 0.2) is 67.3 Å². The first-order chi connectivity index (χ1) is 13.5. The molecule has 7 heteroatoms. The number of benzene rings is 1. The van der Waals surface area contributed by atoms with Crippen molar-refractivity contribution in [2.45, 2.75) is 6.54 Å². The number of nitrogens with one attached hydrogen (secondary N) is 2. The number of anilines is 2. The summed E-state index contributed by atoms with van der Waals surface area (Å²) in [5.74, 6) is -0.631. The van der Waals surface area contributed by atoms with Crippen LogP contribution in [0.1, 0.15) is 26.3 Å². The molecule has 2 N–H and O–H groups in total. The third-order valence-corrected chi connectivity index (χ3v) is 4.08. The van der Waals surface area contributed by atoms with Crippen LogP contribution in [0.25, 0.3) is 0 Å². The molecule has 28 heavy (non-hydrogen) atoms. The minimum absolute atomic E-state index is 0.304. The summed E-state index contributed by atoms with van der Waals surface area (Å²) in [6.07, 6.45) is 6.22. The zero-order valence-electron chi connectivity index (χ0n) is 15.7. The normalized spacial score (nSPS) is 10.2. The Morgan fingerprint density at radius 1 is 0.929 bits per heavy atom. The number of hydrogen-bond donors (Lipinski definition) is 2. The van der Waals surface area contributed by atoms with Crippen LogP contribution in [0.4, 0.5) is 11.4 Å². The number of carbonyl (C=O) groups excluding carboxylic acids is 2. The van der Waals surface area contributed by atoms with E-state index in [1.54, 1.807) is 18.5 Å². The fourth-order valence-corrected chi connectivity index (χ4v) is 2.52. The van der Waals surface area contributed by atoms with E-state index in [1.807, 2.05) is 49.3 Å². The first-order valence-corrected chi connectivity index (χ1v) is 8.74. The fraction of sp³-hybridized carbons (Fsp3) is 0.143. The average molecular weight is 375 g/mol. The first kappa shape index (κ1) is 19.0. The molecule has 142 valence electrons. The SMILES string of the molecule is CN(C)c1ccc(NC(=O)c2cncc(C(=O)NCc3cccnc3)c2)cc1. The van der Waals surface area contributed by atoms with E-state index < -0.39 is 0 Å². The molecule has 0 spiro atoms. The van der Waals surface area contributed by atoms with Crippen LogP contribution in [0, 0.1) is 0 Å². The highest BCUT2D eigenvalue weighted by atomic mass is 16.2. The summed E-state index contributed by atoms with van der Waals surface area (Å²) in [7, 11) is 3.90. The summed E-state index contributed by atoms with van der Waals surface area (Å²) in [5.41, 5.74) is 3.22. The van der Waals surface area contributed by atoms with Crippen molar-refractivity contribution < 1.29 is 9.59 Å². The number of carbonyl (C=O) groups is 2. The highest BCUT2D eigenvalue weighted by Crippen LogP contribution is 2.16. The van der Waals surface area contributed by atoms with E-state index in [9.17, 15) is 9.59 Å². The van der Waals surface area contributed by atoms with Crippen molar-refractivity contribution >= 4 is 23.2 Å². The van der Waals surface area contributed by atoms with E-state index in [4.69, 9.17) is 0 Å². The maximum atomic E-state index is 12.5. The summed E-state index contributed by atoms with van der Waals surface area (Å²) < 4.78 is 0. The predicted molar refractivity (Wildman–Crippen MR) is 108 cm³/mol. The van der Waals surface area contributed by atoms with E-state index in [0.29, 0.717) is 23.4 Å². The minimum atomic E-state index is -0.327. The van der Waals surface area contributed by atoms with Gasteiger partial charge in [0.2, 0.25) is 0 Å². The lowest BCUT2D eigenvalue weighted by Gasteiger charge is -2.13. The summed E-state index contributed by atoms with van der Waals surface area (Å²) in [6.45, 7) is 0.349. The smallest absolute Gasteiger partial charge is 0.257 e. The van der Waals surface area contributed by atoms with Crippen LogP contribution < -0.4 is 15.5 Å². The number of amides is 2. The Labute approximate surface area is 163 Å². The van der Waals surface area contributed by atoms with Gasteiger partial charge in [-0.2, -0.15) is 0 Å². The van der Waals surface area contributed by atoms with Crippen LogP contribution in [0.5, 0.6) is 0 Å². The van der Waals surface area contributed by atoms with E-state index in [2.05, 4.69) is 20.6 Å². The molecule has 0 fully saturated rings. The average Bonchev–Trinajstić information content (AvgIpc) is 2.73. The van der Waals surface area contributed by atoms with Gasteiger partial charge in [0.1, 0.15) is 0 Å². The molecule has 0 aliphatic rings. The van der Waals surface area contributed by atoms with Crippen LogP contribution in [0.2, 0.25) is 0 Å². The lowest BCUT2D eigenvalue weighted by atomic mass is 10.1. The fourth-order valence-electron chi connectivity index (χ4n) is 2.52. The summed E-state index contributed by atoms with van der Waals surface area (Å²) >= 11 is 0. The van der Waals surface area contributed by atoms with Gasteiger partial charge in [0.15, 0.2) is 0 Å². The third kappa shape index (κ3) is 4.91. The highest BCUT2D eigenvalue weighted by Gasteiger charge is 2.12. The van der Waals surface area contributed by atoms with Gasteiger partial charge in [-0.25, -0.2) is 0 Å². The lowest BCUT2D eigenvalue weighted by Crippen LogP contribution is -2.23. The van der Waals surface area contributed by atoms with Gasteiger partial charge in [-0.1, -0.05) is 6.07 Å². The van der Waals surface area contributed by atoms with Crippen molar-refractivity contribution in [3.8, 4) is 0 Å². The standard InChI is InChI=1S/C21H21N5O2/c1-26(2)19-7-5-18(6-8-19)25-21(28)17-10-16(13-23-14-17)20(27)24-12-15-4-3-9-22-11-15/h3-11,13-14H,12H2,1-2H3,(H,24,27)(H,25,28). The molecule has 2 amide bonds. The molecule has 0 saturated carbocycles. The van der Waals surface area contributed by atoms with Crippen molar-refractivity contribution in [1.29, 1.82) is 0 Å². The zero-order chi connectivity index (χ0) is 19.9. The van der Waals surface area contributed by atoms with Crippen LogP contribution >= 0.6 is 0 Å². The number of nitrogens with zero attached hydrogens (tertiary/aromatic N) is 3. The molecule has 0 bridgehead atoms. The molecule has 2 heterocycles. The Kier molecular flexibility index (Phi) is 5.96. The second kappa shape index (κ2) is 8.77. The molecule has 2 aromatic heterocycles. The minimum Gasteiger partial charge on any atom is -0.378 e. The first-order valence-electron chi connectivity index (χ1n) is 8.74. The number of aromatic nitrogens is 2. The van der Waals surface area contributed by atoms with E-state index >= 15 is 0 Å². The number of pyridine rings is 2. The van der Waals surface area contributed by atoms with E-state index in [-0.39, 0.29) is 11.8 Å². The van der Waals surface area contributed by atoms with Gasteiger partial charge in [-0.15, -0.1) is 0 Å². The Morgan fingerprint density at radius 3 is 2.29 bits per heavy atom. The molecule has 0 aliphatic carbocycles. The molecule has 0 atom stereocenters. The molecular formula is C21H21N5O2. The maximum Gasteiger partial charge on any atom is 0.257 e. The van der Waals surface area contributed by atoms with Gasteiger partial charge >= 0.3 is 0 Å². The van der Waals surface area contributed by atoms with Crippen molar-refractivity contribution in [3.63, 3.8) is 0 Å². The molecule has 0 unspecified atom stereocenters. The van der Waals surface area contributed by atoms with Gasteiger partial charge in [0, 0.05) is 56.8 Å². The summed E-state index contributed by atoms with van der Waals surface area (Å²) in [5, 5.41) is 5.60. The zero-order valence-corrected chi connectivity index (χ0v) is 15.7. The molecule has 0 saturated heterocycles. The van der Waals surface area contributed by atoms with Gasteiger partial charge in [0.25, 0.3) is 11.8 Å². The molecule has 3 aromatic rings. The largest absolute Gasteiger partial charge is 0.378 e. The Hall–Kier alpha value is -3.74. The van der Waals surface area contributed by atoms with Gasteiger partial charge in [-0.05, 0) is 42.0 Å². The summed E-state index contributed by atoms with van der Waals surface area (Å²) in [4.78, 5) is 34.8. The van der Waals surface area contributed by atoms with Crippen molar-refractivity contribution in [1.82, 2.24) is 15.3 Å². The van der Waals surface area contributed by atoms with E-state index in [0.717, 1.165) is 11.3 Å². The lowest BCUT2D eigenvalue weighted by molar-refractivity contribution is 0.0950. The molecule has 0 aliphatic heterocycles. The Bertz CT molecular complexity index is 956. The number of hydrogen-bond acceptors (Lipinski definition) is 5. The quantitative estimate of drug-likeness (QED) is 0.692. The molecular weight excluding hydrogens is 354 g/mol. The van der Waals surface area contributed by atoms with Crippen LogP contribution in [0.3, 0.4) is 0 Å². The van der Waals surface area contributed by atoms with Crippen LogP contribution in [-0.4, -0.2) is 35.9 Å². The monoisotopic (exact) mass is 375 g/mol. The van der Waals surface area contributed by atoms with Gasteiger partial charge in [0.05, 0.1) is 11.1 Å². The molecule has 0 radical (unpaired) electrons. The van der Waals surface area contributed by atoms with Gasteiger partial charge < -0.3 is 15.5 Å². The molecule has 3 rings (SSSR count). The Morgan fingerprint density at radius 2 is 1.64 bits per heavy atom. The Balaban J connectivity index is 1.64. The predicted octanol–water partition coefficient (Wildman–Crippen LogP) is 2.72. The second-order valence-corrected chi connectivity index (χ2v) is 6.40. The topological polar surface area (TPSA) is 87.2 Å². The molecule has 1 aromatic carbocycles. The van der Waals surface area contributed by atoms with Crippen molar-refractivity contribution in [3.05, 3.63) is 83.9 Å². The maximum absolute atomic E-state index is 12.5. The van der Waals surface area contributed by atoms with Crippen molar-refractivity contribution in [2.75, 3.05) is 24.3 Å². The molecule has 7 nitrogen and oxygen atoms in total. The third-order valence-electron chi connectivity index (χ3n) is 4.08. The highest BCUT2D eigenvalue weighted by molar-refractivity contribution is 6.05.